The third kappa shape index (κ3) is 8.56. The smallest absolute Gasteiger partial charge is 0.326 e. The maximum Gasteiger partial charge on any atom is 0.326 e. The molecule has 0 heterocycles. The summed E-state index contributed by atoms with van der Waals surface area (Å²) < 4.78 is 0. The predicted octanol–water partition coefficient (Wildman–Crippen LogP) is 0.413. The lowest BCUT2D eigenvalue weighted by molar-refractivity contribution is -0.140. The van der Waals surface area contributed by atoms with Crippen LogP contribution in [0.3, 0.4) is 0 Å². The zero-order valence-corrected chi connectivity index (χ0v) is 12.2. The third-order valence-corrected chi connectivity index (χ3v) is 2.71. The van der Waals surface area contributed by atoms with Crippen molar-refractivity contribution in [3.05, 3.63) is 12.2 Å². The van der Waals surface area contributed by atoms with E-state index in [2.05, 4.69) is 11.9 Å². The summed E-state index contributed by atoms with van der Waals surface area (Å²) in [4.78, 5) is 44.0. The van der Waals surface area contributed by atoms with Gasteiger partial charge < -0.3 is 26.0 Å². The number of carbonyl (C=O) groups excluding carboxylic acids is 1. The Kier molecular flexibility index (Phi) is 8.27. The van der Waals surface area contributed by atoms with Crippen molar-refractivity contribution in [2.75, 3.05) is 0 Å². The molecular weight excluding hydrogens is 296 g/mol. The molecule has 2 atom stereocenters. The molecule has 0 saturated carbocycles. The molecule has 0 aliphatic carbocycles. The van der Waals surface area contributed by atoms with Crippen molar-refractivity contribution < 1.29 is 34.5 Å². The molecule has 124 valence electrons. The molecule has 0 radical (unpaired) electrons. The van der Waals surface area contributed by atoms with Gasteiger partial charge in [0, 0.05) is 6.42 Å². The molecule has 0 rings (SSSR count). The number of rotatable bonds is 10. The summed E-state index contributed by atoms with van der Waals surface area (Å²) >= 11 is 0. The third-order valence-electron chi connectivity index (χ3n) is 2.71. The first-order valence-electron chi connectivity index (χ1n) is 6.52. The number of carbonyl (C=O) groups is 4. The Labute approximate surface area is 127 Å². The van der Waals surface area contributed by atoms with Gasteiger partial charge in [-0.2, -0.15) is 0 Å². The van der Waals surface area contributed by atoms with E-state index in [0.717, 1.165) is 5.57 Å². The van der Waals surface area contributed by atoms with Crippen molar-refractivity contribution in [3.63, 3.8) is 0 Å². The molecule has 0 aromatic heterocycles. The Morgan fingerprint density at radius 3 is 1.64 bits per heavy atom. The maximum atomic E-state index is 11.6. The summed E-state index contributed by atoms with van der Waals surface area (Å²) in [5, 5.41) is 30.6. The first-order chi connectivity index (χ1) is 10.1. The van der Waals surface area contributed by atoms with Gasteiger partial charge in [0.05, 0.1) is 0 Å². The van der Waals surface area contributed by atoms with Crippen LogP contribution in [0.1, 0.15) is 32.6 Å². The lowest BCUT2D eigenvalue weighted by Gasteiger charge is -2.18. The highest BCUT2D eigenvalue weighted by molar-refractivity contribution is 5.86. The van der Waals surface area contributed by atoms with E-state index in [1.807, 2.05) is 5.32 Å². The van der Waals surface area contributed by atoms with Crippen LogP contribution in [0.5, 0.6) is 0 Å². The molecule has 2 amide bonds. The number of hydrogen-bond acceptors (Lipinski definition) is 4. The second kappa shape index (κ2) is 9.37. The molecule has 0 spiro atoms. The summed E-state index contributed by atoms with van der Waals surface area (Å²) in [6, 6.07) is -3.58. The average Bonchev–Trinajstić information content (AvgIpc) is 2.38. The second-order valence-corrected chi connectivity index (χ2v) is 4.83. The minimum atomic E-state index is -1.41. The van der Waals surface area contributed by atoms with Crippen LogP contribution < -0.4 is 10.6 Å². The molecule has 0 saturated heterocycles. The lowest BCUT2D eigenvalue weighted by Crippen LogP contribution is -2.51. The van der Waals surface area contributed by atoms with Gasteiger partial charge in [-0.1, -0.05) is 5.57 Å². The zero-order valence-electron chi connectivity index (χ0n) is 12.2. The van der Waals surface area contributed by atoms with Crippen molar-refractivity contribution in [1.82, 2.24) is 10.6 Å². The van der Waals surface area contributed by atoms with Gasteiger partial charge in [-0.25, -0.2) is 14.4 Å². The van der Waals surface area contributed by atoms with Crippen LogP contribution in [0.4, 0.5) is 4.79 Å². The fourth-order valence-corrected chi connectivity index (χ4v) is 1.53. The SMILES string of the molecule is C=C(C)CC[C@H](NC(=O)N[C@@H](CCC(=O)O)C(=O)O)C(=O)O. The number of aliphatic carboxylic acids is 3. The van der Waals surface area contributed by atoms with E-state index in [0.29, 0.717) is 6.42 Å². The average molecular weight is 316 g/mol. The van der Waals surface area contributed by atoms with Crippen molar-refractivity contribution in [2.24, 2.45) is 0 Å². The highest BCUT2D eigenvalue weighted by Gasteiger charge is 2.24. The molecule has 0 aliphatic heterocycles. The van der Waals surface area contributed by atoms with E-state index in [4.69, 9.17) is 15.3 Å². The number of amides is 2. The van der Waals surface area contributed by atoms with E-state index in [-0.39, 0.29) is 12.8 Å². The highest BCUT2D eigenvalue weighted by atomic mass is 16.4. The predicted molar refractivity (Wildman–Crippen MR) is 75.4 cm³/mol. The maximum absolute atomic E-state index is 11.6. The lowest BCUT2D eigenvalue weighted by atomic mass is 10.1. The number of carboxylic acid groups (broad SMARTS) is 3. The minimum absolute atomic E-state index is 0.116. The summed E-state index contributed by atoms with van der Waals surface area (Å²) in [6.07, 6.45) is -0.236. The molecule has 0 bridgehead atoms. The van der Waals surface area contributed by atoms with Crippen molar-refractivity contribution in [3.8, 4) is 0 Å². The van der Waals surface area contributed by atoms with Gasteiger partial charge in [0.1, 0.15) is 12.1 Å². The van der Waals surface area contributed by atoms with Gasteiger partial charge in [-0.3, -0.25) is 4.79 Å². The second-order valence-electron chi connectivity index (χ2n) is 4.83. The normalized spacial score (nSPS) is 12.8. The molecule has 0 unspecified atom stereocenters. The molecule has 0 aliphatic rings. The molecule has 5 N–H and O–H groups in total. The summed E-state index contributed by atoms with van der Waals surface area (Å²) in [5.74, 6) is -3.85. The molecule has 22 heavy (non-hydrogen) atoms. The van der Waals surface area contributed by atoms with Crippen LogP contribution in [0.2, 0.25) is 0 Å². The van der Waals surface area contributed by atoms with E-state index in [9.17, 15) is 19.2 Å². The van der Waals surface area contributed by atoms with Crippen LogP contribution in [0, 0.1) is 0 Å². The monoisotopic (exact) mass is 316 g/mol. The molecule has 0 aromatic carbocycles. The van der Waals surface area contributed by atoms with Crippen LogP contribution >= 0.6 is 0 Å². The van der Waals surface area contributed by atoms with Crippen molar-refractivity contribution in [1.29, 1.82) is 0 Å². The Morgan fingerprint density at radius 2 is 1.32 bits per heavy atom. The topological polar surface area (TPSA) is 153 Å². The zero-order chi connectivity index (χ0) is 17.3. The molecule has 0 aromatic rings. The summed E-state index contributed by atoms with van der Waals surface area (Å²) in [5.41, 5.74) is 0.748. The fraction of sp³-hybridized carbons (Fsp3) is 0.538. The molecular formula is C13H20N2O7. The number of allylic oxidation sites excluding steroid dienone is 1. The van der Waals surface area contributed by atoms with Crippen LogP contribution in [-0.4, -0.2) is 51.3 Å². The number of carboxylic acids is 3. The fourth-order valence-electron chi connectivity index (χ4n) is 1.53. The Bertz CT molecular complexity index is 421. The van der Waals surface area contributed by atoms with Gasteiger partial charge in [-0.05, 0) is 26.2 Å². The van der Waals surface area contributed by atoms with Gasteiger partial charge in [0.2, 0.25) is 0 Å². The van der Waals surface area contributed by atoms with E-state index in [1.54, 1.807) is 6.92 Å². The van der Waals surface area contributed by atoms with Crippen LogP contribution in [0.25, 0.3) is 0 Å². The summed E-state index contributed by atoms with van der Waals surface area (Å²) in [6.45, 7) is 5.34. The standard InChI is InChI=1S/C13H20N2O7/c1-7(2)3-4-8(11(18)19)14-13(22)15-9(12(20)21)5-6-10(16)17/h8-9H,1,3-6H2,2H3,(H,16,17)(H,18,19)(H,20,21)(H2,14,15,22)/t8-,9-/m0/s1. The quantitative estimate of drug-likeness (QED) is 0.366. The first kappa shape index (κ1) is 19.4. The molecule has 0 fully saturated rings. The Hall–Kier alpha value is -2.58. The van der Waals surface area contributed by atoms with Gasteiger partial charge in [0.25, 0.3) is 0 Å². The first-order valence-corrected chi connectivity index (χ1v) is 6.52. The van der Waals surface area contributed by atoms with E-state index in [1.165, 1.54) is 0 Å². The summed E-state index contributed by atoms with van der Waals surface area (Å²) in [7, 11) is 0. The van der Waals surface area contributed by atoms with Gasteiger partial charge in [0.15, 0.2) is 0 Å². The van der Waals surface area contributed by atoms with Crippen LogP contribution in [-0.2, 0) is 14.4 Å². The molecule has 9 heteroatoms. The van der Waals surface area contributed by atoms with Crippen molar-refractivity contribution in [2.45, 2.75) is 44.7 Å². The largest absolute Gasteiger partial charge is 0.481 e. The van der Waals surface area contributed by atoms with E-state index < -0.39 is 42.4 Å². The van der Waals surface area contributed by atoms with Gasteiger partial charge in [-0.15, -0.1) is 6.58 Å². The number of nitrogens with one attached hydrogen (secondary N) is 2. The van der Waals surface area contributed by atoms with Crippen LogP contribution in [0.15, 0.2) is 12.2 Å². The Balaban J connectivity index is 4.57. The molecule has 9 nitrogen and oxygen atoms in total. The Morgan fingerprint density at radius 1 is 0.909 bits per heavy atom. The number of urea groups is 1. The number of hydrogen-bond donors (Lipinski definition) is 5. The van der Waals surface area contributed by atoms with Crippen molar-refractivity contribution >= 4 is 23.9 Å². The highest BCUT2D eigenvalue weighted by Crippen LogP contribution is 2.05. The minimum Gasteiger partial charge on any atom is -0.481 e. The van der Waals surface area contributed by atoms with E-state index >= 15 is 0 Å². The van der Waals surface area contributed by atoms with Gasteiger partial charge >= 0.3 is 23.9 Å².